The molecule has 1 fully saturated rings. The zero-order valence-electron chi connectivity index (χ0n) is 13.6. The Hall–Kier alpha value is -2.17. The molecule has 1 unspecified atom stereocenters. The molecule has 2 heterocycles. The maximum absolute atomic E-state index is 15.2. The van der Waals surface area contributed by atoms with Crippen LogP contribution in [-0.2, 0) is 4.79 Å². The van der Waals surface area contributed by atoms with E-state index >= 15 is 4.39 Å². The second-order valence-electron chi connectivity index (χ2n) is 7.16. The highest BCUT2D eigenvalue weighted by Gasteiger charge is 2.38. The van der Waals surface area contributed by atoms with Gasteiger partial charge >= 0.3 is 0 Å². The van der Waals surface area contributed by atoms with Crippen LogP contribution in [-0.4, -0.2) is 21.1 Å². The van der Waals surface area contributed by atoms with Gasteiger partial charge in [0.1, 0.15) is 5.67 Å². The van der Waals surface area contributed by atoms with Crippen LogP contribution in [0.25, 0.3) is 11.3 Å². The summed E-state index contributed by atoms with van der Waals surface area (Å²) in [6.07, 6.45) is 6.99. The maximum Gasteiger partial charge on any atom is 0.220 e. The van der Waals surface area contributed by atoms with Crippen molar-refractivity contribution in [1.29, 1.82) is 0 Å². The minimum atomic E-state index is -1.18. The van der Waals surface area contributed by atoms with E-state index in [9.17, 15) is 4.79 Å². The van der Waals surface area contributed by atoms with Gasteiger partial charge in [-0.15, -0.1) is 0 Å². The van der Waals surface area contributed by atoms with Gasteiger partial charge in [0.2, 0.25) is 5.91 Å². The van der Waals surface area contributed by atoms with Crippen molar-refractivity contribution >= 4 is 5.91 Å². The number of halogens is 1. The summed E-state index contributed by atoms with van der Waals surface area (Å²) in [4.78, 5) is 15.5. The van der Waals surface area contributed by atoms with Gasteiger partial charge in [0.15, 0.2) is 0 Å². The fourth-order valence-electron chi connectivity index (χ4n) is 4.29. The van der Waals surface area contributed by atoms with Crippen LogP contribution >= 0.6 is 0 Å². The second-order valence-corrected chi connectivity index (χ2v) is 7.16. The first-order chi connectivity index (χ1) is 11.6. The lowest BCUT2D eigenvalue weighted by molar-refractivity contribution is -0.123. The van der Waals surface area contributed by atoms with E-state index in [1.807, 2.05) is 24.7 Å². The van der Waals surface area contributed by atoms with E-state index in [0.717, 1.165) is 12.1 Å². The average molecular weight is 327 g/mol. The molecule has 4 rings (SSSR count). The van der Waals surface area contributed by atoms with E-state index in [0.29, 0.717) is 32.1 Å². The minimum absolute atomic E-state index is 0.152. The number of hydrogen-bond donors (Lipinski definition) is 1. The van der Waals surface area contributed by atoms with E-state index in [-0.39, 0.29) is 17.9 Å². The monoisotopic (exact) mass is 327 g/mol. The van der Waals surface area contributed by atoms with Crippen LogP contribution in [0.5, 0.6) is 0 Å². The van der Waals surface area contributed by atoms with E-state index < -0.39 is 5.67 Å². The predicted molar refractivity (Wildman–Crippen MR) is 90.0 cm³/mol. The third kappa shape index (κ3) is 2.52. The van der Waals surface area contributed by atoms with E-state index in [1.54, 1.807) is 0 Å². The first-order valence-electron chi connectivity index (χ1n) is 8.67. The minimum Gasteiger partial charge on any atom is -0.369 e. The number of primary amides is 1. The number of carbonyl (C=O) groups excluding carboxylic acids is 1. The van der Waals surface area contributed by atoms with Crippen molar-refractivity contribution < 1.29 is 9.18 Å². The Labute approximate surface area is 140 Å². The molecule has 2 aromatic rings. The summed E-state index contributed by atoms with van der Waals surface area (Å²) in [7, 11) is 0. The first-order valence-corrected chi connectivity index (χ1v) is 8.67. The van der Waals surface area contributed by atoms with Crippen LogP contribution in [0, 0.1) is 5.92 Å². The molecule has 1 atom stereocenters. The van der Waals surface area contributed by atoms with Crippen LogP contribution in [0.2, 0.25) is 0 Å². The number of carbonyl (C=O) groups is 1. The van der Waals surface area contributed by atoms with Crippen molar-refractivity contribution in [2.75, 3.05) is 0 Å². The van der Waals surface area contributed by atoms with Crippen molar-refractivity contribution in [1.82, 2.24) is 9.55 Å². The van der Waals surface area contributed by atoms with Gasteiger partial charge in [0, 0.05) is 11.5 Å². The lowest BCUT2D eigenvalue weighted by Gasteiger charge is -2.33. The zero-order valence-corrected chi connectivity index (χ0v) is 13.6. The molecular formula is C19H22FN3O. The summed E-state index contributed by atoms with van der Waals surface area (Å²) in [6, 6.07) is 8.45. The van der Waals surface area contributed by atoms with E-state index in [1.165, 1.54) is 11.1 Å². The fourth-order valence-corrected chi connectivity index (χ4v) is 4.29. The summed E-state index contributed by atoms with van der Waals surface area (Å²) < 4.78 is 17.3. The maximum atomic E-state index is 15.2. The number of amides is 1. The molecular weight excluding hydrogens is 305 g/mol. The van der Waals surface area contributed by atoms with Crippen molar-refractivity contribution in [3.8, 4) is 11.3 Å². The van der Waals surface area contributed by atoms with Gasteiger partial charge in [0.25, 0.3) is 0 Å². The highest BCUT2D eigenvalue weighted by atomic mass is 19.1. The third-order valence-corrected chi connectivity index (χ3v) is 5.75. The summed E-state index contributed by atoms with van der Waals surface area (Å²) in [5, 5.41) is 0. The van der Waals surface area contributed by atoms with E-state index in [2.05, 4.69) is 21.7 Å². The number of hydrogen-bond acceptors (Lipinski definition) is 2. The smallest absolute Gasteiger partial charge is 0.220 e. The second kappa shape index (κ2) is 5.72. The molecule has 2 N–H and O–H groups in total. The van der Waals surface area contributed by atoms with Crippen molar-refractivity contribution in [3.05, 3.63) is 42.4 Å². The molecule has 1 aliphatic heterocycles. The molecule has 2 aliphatic rings. The Morgan fingerprint density at radius 3 is 2.83 bits per heavy atom. The molecule has 24 heavy (non-hydrogen) atoms. The molecule has 1 amide bonds. The number of rotatable bonds is 4. The Morgan fingerprint density at radius 1 is 1.33 bits per heavy atom. The molecule has 0 spiro atoms. The van der Waals surface area contributed by atoms with E-state index in [4.69, 9.17) is 5.73 Å². The molecule has 0 radical (unpaired) electrons. The predicted octanol–water partition coefficient (Wildman–Crippen LogP) is 3.62. The molecule has 0 bridgehead atoms. The molecule has 5 heteroatoms. The Kier molecular flexibility index (Phi) is 3.66. The Balaban J connectivity index is 1.48. The average Bonchev–Trinajstić information content (AvgIpc) is 3.15. The van der Waals surface area contributed by atoms with Crippen LogP contribution in [0.4, 0.5) is 4.39 Å². The fraction of sp³-hybridized carbons (Fsp3) is 0.474. The quantitative estimate of drug-likeness (QED) is 0.932. The summed E-state index contributed by atoms with van der Waals surface area (Å²) >= 11 is 0. The van der Waals surface area contributed by atoms with Crippen LogP contribution in [0.1, 0.15) is 50.1 Å². The number of aromatic nitrogens is 2. The molecule has 1 aliphatic carbocycles. The lowest BCUT2D eigenvalue weighted by Crippen LogP contribution is -2.35. The number of benzene rings is 1. The number of alkyl halides is 1. The van der Waals surface area contributed by atoms with Gasteiger partial charge in [-0.2, -0.15) is 0 Å². The Bertz CT molecular complexity index is 761. The number of nitrogens with zero attached hydrogens (tertiary/aromatic N) is 2. The van der Waals surface area contributed by atoms with Gasteiger partial charge in [-0.25, -0.2) is 9.37 Å². The number of nitrogens with two attached hydrogens (primary N) is 1. The topological polar surface area (TPSA) is 60.9 Å². The van der Waals surface area contributed by atoms with Crippen LogP contribution in [0.3, 0.4) is 0 Å². The standard InChI is InChI=1S/C19H22FN3O/c20-19(8-5-13(6-9-19)18(21)24)10-7-16-14-3-1-2-4-15(14)17-11-22-12-23(16)17/h1-4,11-13,16H,5-10H2,(H2,21,24). The van der Waals surface area contributed by atoms with Crippen molar-refractivity contribution in [3.63, 3.8) is 0 Å². The molecule has 4 nitrogen and oxygen atoms in total. The van der Waals surface area contributed by atoms with Gasteiger partial charge in [-0.05, 0) is 44.1 Å². The number of imidazole rings is 1. The molecule has 126 valence electrons. The van der Waals surface area contributed by atoms with Gasteiger partial charge < -0.3 is 10.3 Å². The summed E-state index contributed by atoms with van der Waals surface area (Å²) in [5.41, 5.74) is 7.74. The van der Waals surface area contributed by atoms with Crippen molar-refractivity contribution in [2.45, 2.75) is 50.2 Å². The van der Waals surface area contributed by atoms with Crippen LogP contribution < -0.4 is 5.73 Å². The molecule has 1 saturated carbocycles. The lowest BCUT2D eigenvalue weighted by atomic mass is 9.77. The highest BCUT2D eigenvalue weighted by molar-refractivity contribution is 5.76. The van der Waals surface area contributed by atoms with Crippen molar-refractivity contribution in [2.24, 2.45) is 11.7 Å². The third-order valence-electron chi connectivity index (χ3n) is 5.75. The summed E-state index contributed by atoms with van der Waals surface area (Å²) in [5.74, 6) is -0.439. The van der Waals surface area contributed by atoms with Gasteiger partial charge in [-0.1, -0.05) is 24.3 Å². The number of fused-ring (bicyclic) bond motifs is 3. The molecule has 1 aromatic carbocycles. The summed E-state index contributed by atoms with van der Waals surface area (Å²) in [6.45, 7) is 0. The van der Waals surface area contributed by atoms with Gasteiger partial charge in [0.05, 0.1) is 24.3 Å². The molecule has 1 aromatic heterocycles. The zero-order chi connectivity index (χ0) is 16.7. The van der Waals surface area contributed by atoms with Gasteiger partial charge in [-0.3, -0.25) is 4.79 Å². The highest BCUT2D eigenvalue weighted by Crippen LogP contribution is 2.45. The Morgan fingerprint density at radius 2 is 2.08 bits per heavy atom. The SMILES string of the molecule is NC(=O)C1CCC(F)(CCC2c3ccccc3-c3cncn32)CC1. The van der Waals surface area contributed by atoms with Crippen LogP contribution in [0.15, 0.2) is 36.8 Å². The molecule has 0 saturated heterocycles. The first kappa shape index (κ1) is 15.4. The largest absolute Gasteiger partial charge is 0.369 e. The normalized spacial score (nSPS) is 28.4.